The van der Waals surface area contributed by atoms with Crippen LogP contribution in [0.25, 0.3) is 19.4 Å². The summed E-state index contributed by atoms with van der Waals surface area (Å²) in [5.41, 5.74) is -16.5. The van der Waals surface area contributed by atoms with Gasteiger partial charge < -0.3 is 31.3 Å². The van der Waals surface area contributed by atoms with Crippen LogP contribution >= 0.6 is 59.6 Å². The van der Waals surface area contributed by atoms with Crippen LogP contribution in [0.3, 0.4) is 0 Å². The Balaban J connectivity index is 0.000000308. The van der Waals surface area contributed by atoms with E-state index in [0.717, 1.165) is 74.1 Å². The molecular weight excluding hydrogens is 1820 g/mol. The summed E-state index contributed by atoms with van der Waals surface area (Å²) < 4.78 is 210. The first kappa shape index (κ1) is 92.3. The van der Waals surface area contributed by atoms with Crippen molar-refractivity contribution in [3.05, 3.63) is 222 Å². The number of aliphatic hydroxyl groups is 4. The maximum atomic E-state index is 13.1. The van der Waals surface area contributed by atoms with E-state index < -0.39 is 168 Å². The van der Waals surface area contributed by atoms with Crippen LogP contribution in [0.2, 0.25) is 4.44 Å². The van der Waals surface area contributed by atoms with E-state index in [1.54, 1.807) is 24.3 Å². The summed E-state index contributed by atoms with van der Waals surface area (Å²) >= 11 is 9.86. The summed E-state index contributed by atoms with van der Waals surface area (Å²) in [4.78, 5) is 60.6. The van der Waals surface area contributed by atoms with E-state index in [2.05, 4.69) is 95.4 Å². The molecule has 7 aromatic rings. The Morgan fingerprint density at radius 3 is 0.972 bits per heavy atom. The third kappa shape index (κ3) is 27.5. The second-order valence-electron chi connectivity index (χ2n) is 23.6. The number of hydrogen-bond acceptors (Lipinski definition) is 13. The molecule has 574 valence electrons. The summed E-state index contributed by atoms with van der Waals surface area (Å²) in [5.74, 6) is -6.01. The number of halogens is 15. The number of nitrogens with zero attached hydrogens (tertiary/aromatic N) is 4. The SMILES string of the molecule is [C-]#[N+]c1ccc(NC(=O)[C@@](C)(O)CBr)cc1C(F)(F)F.[C-]#[N+]c1ccc(NC(=O)[C@@](C)(O)CS(=O)(=O)c2cc[c]([Sn][CH2]CC)cc2)cc1C(F)(F)F.[C-]#[N+]c1ccc(NC(=O)[C@@](C)(O)CS(=O)(=O)c2ccc(Br)cc2)cc1C(F)(F)F.[C-]#[N+]c1ccc(NC(=O)[C@@](C)(O)CSc2ccc(Br)cc2)cc1C(F)(F)F. The summed E-state index contributed by atoms with van der Waals surface area (Å²) in [6, 6.07) is 29.8. The minimum absolute atomic E-state index is 0.00668. The molecule has 0 saturated heterocycles. The maximum absolute atomic E-state index is 13.1. The standard InChI is InChI=1S/C18H14BrF3N2O4S.C18H14BrF3N2O2S.C18H14F3N2O4S.C12H10BrF3N2O2.C3H7.Sn/c1-17(26,10-29(27,28)13-6-3-11(19)4-7-13)16(25)24-12-5-8-15(23-2)14(9-12)18(20,21)22;1-17(26,10-27-13-6-3-11(19)4-7-13)16(25)24-12-5-8-15(23-2)14(9-12)18(20,21)22;1-17(25,11-28(26,27)13-6-4-3-5-7-13)16(24)23-12-8-9-15(22-2)14(10-12)18(19,20)21;1-11(20,6-13)10(19)18-7-3-4-9(17-2)8(5-7)12(14,15)16;1-3-2;/h3-9,26H,10H2,1H3,(H,24,25);3-9,26H,10H2,1H3,(H,24,25);4-10,25H,11H2,1H3,(H,23,24);3-5,20H,6H2,1H3,(H,18,19);1,3H2,2H3;/t3*17-;11-;;/m0000../s1. The van der Waals surface area contributed by atoms with Crippen LogP contribution in [0.5, 0.6) is 0 Å². The molecular formula is C69H59Br3F12N8O12S3Sn. The Morgan fingerprint density at radius 1 is 0.435 bits per heavy atom. The van der Waals surface area contributed by atoms with Gasteiger partial charge in [-0.3, -0.25) is 14.4 Å². The van der Waals surface area contributed by atoms with Gasteiger partial charge in [0, 0.05) is 42.0 Å². The molecule has 0 aliphatic carbocycles. The van der Waals surface area contributed by atoms with E-state index in [4.69, 9.17) is 26.3 Å². The van der Waals surface area contributed by atoms with Gasteiger partial charge >= 0.3 is 183 Å². The van der Waals surface area contributed by atoms with Gasteiger partial charge in [0.15, 0.2) is 38.2 Å². The minimum Gasteiger partial charge on any atom is -0.379 e. The summed E-state index contributed by atoms with van der Waals surface area (Å²) in [6.45, 7) is 33.6. The van der Waals surface area contributed by atoms with Crippen LogP contribution < -0.4 is 24.8 Å². The number of hydrogen-bond donors (Lipinski definition) is 8. The summed E-state index contributed by atoms with van der Waals surface area (Å²) in [6.07, 6.45) is -18.0. The Hall–Kier alpha value is -8.13. The van der Waals surface area contributed by atoms with E-state index in [1.165, 1.54) is 74.1 Å². The van der Waals surface area contributed by atoms with Gasteiger partial charge in [-0.2, -0.15) is 52.7 Å². The van der Waals surface area contributed by atoms with E-state index in [0.29, 0.717) is 28.7 Å². The summed E-state index contributed by atoms with van der Waals surface area (Å²) in [7, 11) is -8.11. The average Bonchev–Trinajstić information content (AvgIpc) is 0.813. The molecule has 8 N–H and O–H groups in total. The van der Waals surface area contributed by atoms with Crippen molar-refractivity contribution in [3.63, 3.8) is 0 Å². The molecule has 108 heavy (non-hydrogen) atoms. The Morgan fingerprint density at radius 2 is 0.704 bits per heavy atom. The van der Waals surface area contributed by atoms with Gasteiger partial charge in [-0.05, 0) is 106 Å². The van der Waals surface area contributed by atoms with Gasteiger partial charge in [-0.15, -0.1) is 11.8 Å². The van der Waals surface area contributed by atoms with Crippen molar-refractivity contribution in [2.24, 2.45) is 0 Å². The number of sulfone groups is 2. The molecule has 4 amide bonds. The molecule has 0 aliphatic rings. The van der Waals surface area contributed by atoms with Crippen LogP contribution in [0, 0.1) is 26.3 Å². The number of rotatable bonds is 21. The summed E-state index contributed by atoms with van der Waals surface area (Å²) in [5, 5.41) is 49.4. The molecule has 0 fully saturated rings. The van der Waals surface area contributed by atoms with Crippen LogP contribution in [0.15, 0.2) is 169 Å². The van der Waals surface area contributed by atoms with E-state index in [1.807, 2.05) is 12.1 Å². The second-order valence-corrected chi connectivity index (χ2v) is 35.1. The van der Waals surface area contributed by atoms with Crippen LogP contribution in [0.1, 0.15) is 63.3 Å². The number of anilines is 4. The molecule has 2 radical (unpaired) electrons. The number of thioether (sulfide) groups is 1. The first-order chi connectivity index (χ1) is 49.7. The fraction of sp³-hybridized carbons (Fsp3) is 0.275. The molecule has 0 heterocycles. The van der Waals surface area contributed by atoms with Gasteiger partial charge in [-0.25, -0.2) is 27.8 Å². The van der Waals surface area contributed by atoms with E-state index in [-0.39, 0.29) is 43.6 Å². The molecule has 7 rings (SSSR count). The van der Waals surface area contributed by atoms with Gasteiger partial charge in [0.2, 0.25) is 0 Å². The molecule has 0 saturated carbocycles. The molecule has 0 unspecified atom stereocenters. The zero-order valence-corrected chi connectivity index (χ0v) is 66.4. The van der Waals surface area contributed by atoms with Crippen molar-refractivity contribution < 1.29 is 109 Å². The molecule has 0 spiro atoms. The third-order valence-corrected chi connectivity index (χ3v) is 25.8. The van der Waals surface area contributed by atoms with Crippen LogP contribution in [-0.4, -0.2) is 127 Å². The van der Waals surface area contributed by atoms with E-state index in [9.17, 15) is 109 Å². The smallest absolute Gasteiger partial charge is 0.379 e. The molecule has 7 aromatic carbocycles. The second kappa shape index (κ2) is 38.0. The zero-order chi connectivity index (χ0) is 82.0. The molecule has 0 aromatic heterocycles. The molecule has 39 heteroatoms. The Kier molecular flexibility index (Phi) is 32.5. The number of amides is 4. The van der Waals surface area contributed by atoms with Crippen molar-refractivity contribution in [2.75, 3.05) is 43.9 Å². The fourth-order valence-corrected chi connectivity index (χ4v) is 16.0. The monoisotopic (exact) mass is 1870 g/mol. The van der Waals surface area contributed by atoms with Gasteiger partial charge in [0.1, 0.15) is 11.2 Å². The molecule has 0 bridgehead atoms. The van der Waals surface area contributed by atoms with Crippen molar-refractivity contribution in [1.82, 2.24) is 0 Å². The van der Waals surface area contributed by atoms with Gasteiger partial charge in [-0.1, -0.05) is 66.0 Å². The predicted octanol–water partition coefficient (Wildman–Crippen LogP) is 16.6. The Bertz CT molecular complexity index is 4840. The fourth-order valence-electron chi connectivity index (χ4n) is 8.43. The number of carbonyl (C=O) groups excluding carboxylic acids is 4. The molecule has 4 atom stereocenters. The predicted molar refractivity (Wildman–Crippen MR) is 392 cm³/mol. The average molecular weight is 1870 g/mol. The number of alkyl halides is 13. The molecule has 0 aliphatic heterocycles. The number of carbonyl (C=O) groups is 4. The normalized spacial score (nSPS) is 13.9. The van der Waals surface area contributed by atoms with Crippen molar-refractivity contribution >= 4 is 173 Å². The van der Waals surface area contributed by atoms with Gasteiger partial charge in [0.05, 0.1) is 53.6 Å². The minimum atomic E-state index is -4.83. The van der Waals surface area contributed by atoms with Crippen LogP contribution in [-0.2, 0) is 63.6 Å². The van der Waals surface area contributed by atoms with Crippen LogP contribution in [0.4, 0.5) is 98.2 Å². The molecule has 20 nitrogen and oxygen atoms in total. The first-order valence-corrected chi connectivity index (χ1v) is 40.6. The first-order valence-electron chi connectivity index (χ1n) is 30.2. The van der Waals surface area contributed by atoms with Crippen molar-refractivity contribution in [2.45, 2.75) is 107 Å². The topological polar surface area (TPSA) is 283 Å². The van der Waals surface area contributed by atoms with Crippen molar-refractivity contribution in [3.8, 4) is 0 Å². The van der Waals surface area contributed by atoms with Gasteiger partial charge in [0.25, 0.3) is 17.7 Å². The number of benzene rings is 7. The van der Waals surface area contributed by atoms with E-state index >= 15 is 0 Å². The van der Waals surface area contributed by atoms with Crippen molar-refractivity contribution in [1.29, 1.82) is 0 Å². The quantitative estimate of drug-likeness (QED) is 0.0109. The number of nitrogens with one attached hydrogen (secondary N) is 4. The zero-order valence-electron chi connectivity index (χ0n) is 56.3. The third-order valence-electron chi connectivity index (χ3n) is 14.2. The Labute approximate surface area is 650 Å².